The topological polar surface area (TPSA) is 82.8 Å². The Labute approximate surface area is 149 Å². The van der Waals surface area contributed by atoms with Gasteiger partial charge >= 0.3 is 0 Å². The molecule has 1 aliphatic heterocycles. The summed E-state index contributed by atoms with van der Waals surface area (Å²) >= 11 is 0. The highest BCUT2D eigenvalue weighted by Crippen LogP contribution is 2.30. The lowest BCUT2D eigenvalue weighted by Crippen LogP contribution is -2.47. The molecule has 1 saturated heterocycles. The first kappa shape index (κ1) is 20.5. The molecular formula is C17H27ClN2O4. The van der Waals surface area contributed by atoms with Crippen LogP contribution in [0.5, 0.6) is 11.5 Å². The van der Waals surface area contributed by atoms with Gasteiger partial charge in [-0.3, -0.25) is 4.79 Å². The van der Waals surface area contributed by atoms with Gasteiger partial charge in [0.1, 0.15) is 0 Å². The van der Waals surface area contributed by atoms with Crippen LogP contribution in [-0.2, 0) is 9.53 Å². The molecule has 7 heteroatoms. The van der Waals surface area contributed by atoms with Crippen molar-refractivity contribution >= 4 is 18.3 Å². The molecule has 1 aliphatic rings. The minimum absolute atomic E-state index is 0. The van der Waals surface area contributed by atoms with E-state index in [-0.39, 0.29) is 30.3 Å². The zero-order valence-corrected chi connectivity index (χ0v) is 15.2. The van der Waals surface area contributed by atoms with Crippen molar-refractivity contribution in [2.24, 2.45) is 11.7 Å². The molecule has 2 atom stereocenters. The predicted molar refractivity (Wildman–Crippen MR) is 94.9 cm³/mol. The maximum Gasteiger partial charge on any atom is 0.237 e. The van der Waals surface area contributed by atoms with Crippen molar-refractivity contribution in [1.29, 1.82) is 0 Å². The summed E-state index contributed by atoms with van der Waals surface area (Å²) in [6, 6.07) is 4.94. The summed E-state index contributed by atoms with van der Waals surface area (Å²) in [5.74, 6) is 1.36. The number of rotatable bonds is 6. The maximum absolute atomic E-state index is 12.4. The van der Waals surface area contributed by atoms with E-state index < -0.39 is 6.04 Å². The highest BCUT2D eigenvalue weighted by molar-refractivity contribution is 5.85. The monoisotopic (exact) mass is 358 g/mol. The fourth-order valence-electron chi connectivity index (χ4n) is 2.80. The second-order valence-electron chi connectivity index (χ2n) is 5.82. The Morgan fingerprint density at radius 2 is 1.88 bits per heavy atom. The summed E-state index contributed by atoms with van der Waals surface area (Å²) in [6.45, 7) is 3.28. The number of hydrogen-bond donors (Lipinski definition) is 2. The van der Waals surface area contributed by atoms with Crippen molar-refractivity contribution in [2.75, 3.05) is 27.4 Å². The number of nitrogens with two attached hydrogens (primary N) is 1. The van der Waals surface area contributed by atoms with Gasteiger partial charge in [-0.1, -0.05) is 6.07 Å². The molecule has 0 bridgehead atoms. The summed E-state index contributed by atoms with van der Waals surface area (Å²) in [4.78, 5) is 12.4. The quantitative estimate of drug-likeness (QED) is 0.813. The fourth-order valence-corrected chi connectivity index (χ4v) is 2.80. The molecule has 1 aromatic carbocycles. The van der Waals surface area contributed by atoms with Gasteiger partial charge < -0.3 is 25.3 Å². The van der Waals surface area contributed by atoms with Crippen LogP contribution < -0.4 is 20.5 Å². The summed E-state index contributed by atoms with van der Waals surface area (Å²) in [6.07, 6.45) is 1.67. The zero-order valence-electron chi connectivity index (χ0n) is 14.4. The van der Waals surface area contributed by atoms with Gasteiger partial charge in [-0.25, -0.2) is 0 Å². The van der Waals surface area contributed by atoms with E-state index in [9.17, 15) is 4.79 Å². The SMILES string of the molecule is COc1ccc(C(C)NC(=O)C(N)C2CCOCC2)cc1OC.Cl. The van der Waals surface area contributed by atoms with Crippen LogP contribution in [0.4, 0.5) is 0 Å². The van der Waals surface area contributed by atoms with Gasteiger partial charge in [0.15, 0.2) is 11.5 Å². The van der Waals surface area contributed by atoms with E-state index in [0.29, 0.717) is 24.7 Å². The summed E-state index contributed by atoms with van der Waals surface area (Å²) in [5.41, 5.74) is 7.05. The van der Waals surface area contributed by atoms with Crippen molar-refractivity contribution in [3.05, 3.63) is 23.8 Å². The fraction of sp³-hybridized carbons (Fsp3) is 0.588. The molecule has 2 rings (SSSR count). The van der Waals surface area contributed by atoms with Gasteiger partial charge in [-0.15, -0.1) is 12.4 Å². The minimum atomic E-state index is -0.499. The molecule has 6 nitrogen and oxygen atoms in total. The standard InChI is InChI=1S/C17H26N2O4.ClH/c1-11(13-4-5-14(21-2)15(10-13)22-3)19-17(20)16(18)12-6-8-23-9-7-12;/h4-5,10-12,16H,6-9,18H2,1-3H3,(H,19,20);1H. The van der Waals surface area contributed by atoms with Crippen molar-refractivity contribution in [3.8, 4) is 11.5 Å². The molecule has 0 radical (unpaired) electrons. The maximum atomic E-state index is 12.4. The lowest BCUT2D eigenvalue weighted by atomic mass is 9.91. The van der Waals surface area contributed by atoms with Crippen molar-refractivity contribution in [3.63, 3.8) is 0 Å². The minimum Gasteiger partial charge on any atom is -0.493 e. The average molecular weight is 359 g/mol. The van der Waals surface area contributed by atoms with Gasteiger partial charge in [0.2, 0.25) is 5.91 Å². The van der Waals surface area contributed by atoms with Crippen LogP contribution in [-0.4, -0.2) is 39.4 Å². The Kier molecular flexibility index (Phi) is 8.31. The molecule has 1 fully saturated rings. The van der Waals surface area contributed by atoms with E-state index in [1.54, 1.807) is 14.2 Å². The Bertz CT molecular complexity index is 535. The van der Waals surface area contributed by atoms with Crippen LogP contribution in [0.2, 0.25) is 0 Å². The second-order valence-corrected chi connectivity index (χ2v) is 5.82. The lowest BCUT2D eigenvalue weighted by molar-refractivity contribution is -0.125. The molecule has 1 heterocycles. The Morgan fingerprint density at radius 3 is 2.46 bits per heavy atom. The van der Waals surface area contributed by atoms with Crippen LogP contribution in [0.1, 0.15) is 31.4 Å². The lowest BCUT2D eigenvalue weighted by Gasteiger charge is -2.28. The van der Waals surface area contributed by atoms with Crippen LogP contribution in [0.25, 0.3) is 0 Å². The molecular weight excluding hydrogens is 332 g/mol. The first-order valence-corrected chi connectivity index (χ1v) is 7.92. The highest BCUT2D eigenvalue weighted by Gasteiger charge is 2.27. The predicted octanol–water partition coefficient (Wildman–Crippen LogP) is 2.06. The zero-order chi connectivity index (χ0) is 16.8. The molecule has 0 saturated carbocycles. The number of amides is 1. The number of methoxy groups -OCH3 is 2. The van der Waals surface area contributed by atoms with Gasteiger partial charge in [0.05, 0.1) is 26.3 Å². The Morgan fingerprint density at radius 1 is 1.25 bits per heavy atom. The summed E-state index contributed by atoms with van der Waals surface area (Å²) < 4.78 is 15.8. The van der Waals surface area contributed by atoms with E-state index in [1.165, 1.54) is 0 Å². The van der Waals surface area contributed by atoms with Crippen molar-refractivity contribution < 1.29 is 19.0 Å². The molecule has 136 valence electrons. The third-order valence-electron chi connectivity index (χ3n) is 4.34. The highest BCUT2D eigenvalue weighted by atomic mass is 35.5. The van der Waals surface area contributed by atoms with Gasteiger partial charge in [0.25, 0.3) is 0 Å². The molecule has 3 N–H and O–H groups in total. The molecule has 0 aliphatic carbocycles. The van der Waals surface area contributed by atoms with E-state index in [2.05, 4.69) is 5.32 Å². The van der Waals surface area contributed by atoms with Crippen LogP contribution >= 0.6 is 12.4 Å². The summed E-state index contributed by atoms with van der Waals surface area (Å²) in [7, 11) is 3.18. The molecule has 0 spiro atoms. The van der Waals surface area contributed by atoms with Crippen LogP contribution in [0.15, 0.2) is 18.2 Å². The number of nitrogens with one attached hydrogen (secondary N) is 1. The third kappa shape index (κ3) is 5.00. The van der Waals surface area contributed by atoms with Gasteiger partial charge in [-0.2, -0.15) is 0 Å². The van der Waals surface area contributed by atoms with E-state index in [0.717, 1.165) is 18.4 Å². The molecule has 2 unspecified atom stereocenters. The first-order chi connectivity index (χ1) is 11.1. The first-order valence-electron chi connectivity index (χ1n) is 7.92. The third-order valence-corrected chi connectivity index (χ3v) is 4.34. The average Bonchev–Trinajstić information content (AvgIpc) is 2.60. The van der Waals surface area contributed by atoms with Gasteiger partial charge in [0, 0.05) is 13.2 Å². The number of halogens is 1. The van der Waals surface area contributed by atoms with Crippen molar-refractivity contribution in [1.82, 2.24) is 5.32 Å². The van der Waals surface area contributed by atoms with E-state index in [4.69, 9.17) is 19.9 Å². The molecule has 1 aromatic rings. The van der Waals surface area contributed by atoms with Crippen LogP contribution in [0.3, 0.4) is 0 Å². The van der Waals surface area contributed by atoms with Crippen LogP contribution in [0, 0.1) is 5.92 Å². The largest absolute Gasteiger partial charge is 0.493 e. The Balaban J connectivity index is 0.00000288. The smallest absolute Gasteiger partial charge is 0.237 e. The van der Waals surface area contributed by atoms with E-state index >= 15 is 0 Å². The number of hydrogen-bond acceptors (Lipinski definition) is 5. The van der Waals surface area contributed by atoms with E-state index in [1.807, 2.05) is 25.1 Å². The Hall–Kier alpha value is -1.50. The second kappa shape index (κ2) is 9.71. The molecule has 0 aromatic heterocycles. The number of carbonyl (C=O) groups is 1. The molecule has 24 heavy (non-hydrogen) atoms. The number of benzene rings is 1. The summed E-state index contributed by atoms with van der Waals surface area (Å²) in [5, 5.41) is 2.98. The molecule has 1 amide bonds. The number of carbonyl (C=O) groups excluding carboxylic acids is 1. The van der Waals surface area contributed by atoms with Gasteiger partial charge in [-0.05, 0) is 43.4 Å². The normalized spacial score (nSPS) is 17.3. The number of ether oxygens (including phenoxy) is 3. The van der Waals surface area contributed by atoms with Crippen molar-refractivity contribution in [2.45, 2.75) is 31.8 Å².